The van der Waals surface area contributed by atoms with Crippen LogP contribution < -0.4 is 4.74 Å². The lowest BCUT2D eigenvalue weighted by Gasteiger charge is -2.09. The third-order valence-corrected chi connectivity index (χ3v) is 3.51. The third-order valence-electron chi connectivity index (χ3n) is 2.49. The van der Waals surface area contributed by atoms with Crippen molar-refractivity contribution in [2.75, 3.05) is 0 Å². The molecule has 0 saturated carbocycles. The molecule has 0 unspecified atom stereocenters. The maximum Gasteiger partial charge on any atom is 0.165 e. The monoisotopic (exact) mass is 328 g/mol. The molecule has 0 saturated heterocycles. The van der Waals surface area contributed by atoms with E-state index in [1.54, 1.807) is 12.1 Å². The summed E-state index contributed by atoms with van der Waals surface area (Å²) in [5, 5.41) is 1.24. The standard InChI is InChI=1S/C14H11BrClFO/c15-8-10-5-6-14(13(17)7-10)18-9-11-3-1-2-4-12(11)16/h1-7H,8-9H2. The predicted octanol–water partition coefficient (Wildman–Crippen LogP) is 4.95. The van der Waals surface area contributed by atoms with Crippen LogP contribution >= 0.6 is 27.5 Å². The molecular weight excluding hydrogens is 319 g/mol. The lowest BCUT2D eigenvalue weighted by atomic mass is 10.2. The first kappa shape index (κ1) is 13.4. The quantitative estimate of drug-likeness (QED) is 0.721. The van der Waals surface area contributed by atoms with Crippen molar-refractivity contribution in [3.8, 4) is 5.75 Å². The topological polar surface area (TPSA) is 9.23 Å². The summed E-state index contributed by atoms with van der Waals surface area (Å²) in [5.41, 5.74) is 1.71. The Morgan fingerprint density at radius 1 is 1.17 bits per heavy atom. The summed E-state index contributed by atoms with van der Waals surface area (Å²) in [6, 6.07) is 12.3. The first-order valence-corrected chi connectivity index (χ1v) is 6.91. The Kier molecular flexibility index (Phi) is 4.61. The molecule has 1 nitrogen and oxygen atoms in total. The zero-order valence-corrected chi connectivity index (χ0v) is 11.8. The second-order valence-corrected chi connectivity index (χ2v) is 4.75. The highest BCUT2D eigenvalue weighted by Crippen LogP contribution is 2.22. The van der Waals surface area contributed by atoms with Crippen LogP contribution in [-0.2, 0) is 11.9 Å². The lowest BCUT2D eigenvalue weighted by Crippen LogP contribution is -1.98. The third kappa shape index (κ3) is 3.24. The van der Waals surface area contributed by atoms with Crippen molar-refractivity contribution in [1.82, 2.24) is 0 Å². The van der Waals surface area contributed by atoms with Gasteiger partial charge in [0.1, 0.15) is 6.61 Å². The fraction of sp³-hybridized carbons (Fsp3) is 0.143. The summed E-state index contributed by atoms with van der Waals surface area (Å²) in [7, 11) is 0. The van der Waals surface area contributed by atoms with Gasteiger partial charge in [-0.2, -0.15) is 0 Å². The Hall–Kier alpha value is -1.06. The van der Waals surface area contributed by atoms with Crippen molar-refractivity contribution in [1.29, 1.82) is 0 Å². The Bertz CT molecular complexity index is 545. The molecule has 0 heterocycles. The number of rotatable bonds is 4. The average molecular weight is 330 g/mol. The van der Waals surface area contributed by atoms with E-state index in [1.807, 2.05) is 24.3 Å². The molecule has 2 rings (SSSR count). The van der Waals surface area contributed by atoms with Gasteiger partial charge in [0.25, 0.3) is 0 Å². The van der Waals surface area contributed by atoms with E-state index in [9.17, 15) is 4.39 Å². The van der Waals surface area contributed by atoms with Crippen LogP contribution in [0.15, 0.2) is 42.5 Å². The van der Waals surface area contributed by atoms with Crippen LogP contribution in [0.2, 0.25) is 5.02 Å². The Labute approximate surface area is 119 Å². The number of hydrogen-bond donors (Lipinski definition) is 0. The molecule has 94 valence electrons. The van der Waals surface area contributed by atoms with Crippen LogP contribution in [0, 0.1) is 5.82 Å². The Morgan fingerprint density at radius 2 is 1.94 bits per heavy atom. The molecular formula is C14H11BrClFO. The fourth-order valence-electron chi connectivity index (χ4n) is 1.52. The summed E-state index contributed by atoms with van der Waals surface area (Å²) in [4.78, 5) is 0. The number of ether oxygens (including phenoxy) is 1. The zero-order valence-electron chi connectivity index (χ0n) is 9.50. The largest absolute Gasteiger partial charge is 0.486 e. The highest BCUT2D eigenvalue weighted by Gasteiger charge is 2.06. The van der Waals surface area contributed by atoms with Crippen molar-refractivity contribution >= 4 is 27.5 Å². The van der Waals surface area contributed by atoms with Crippen LogP contribution in [0.5, 0.6) is 5.75 Å². The average Bonchev–Trinajstić information content (AvgIpc) is 2.39. The normalized spacial score (nSPS) is 10.4. The van der Waals surface area contributed by atoms with Crippen LogP contribution in [0.25, 0.3) is 0 Å². The molecule has 0 aliphatic carbocycles. The molecule has 0 radical (unpaired) electrons. The SMILES string of the molecule is Fc1cc(CBr)ccc1OCc1ccccc1Cl. The van der Waals surface area contributed by atoms with Gasteiger partial charge in [0.15, 0.2) is 11.6 Å². The van der Waals surface area contributed by atoms with Crippen molar-refractivity contribution in [2.45, 2.75) is 11.9 Å². The van der Waals surface area contributed by atoms with Crippen molar-refractivity contribution in [3.05, 3.63) is 64.4 Å². The summed E-state index contributed by atoms with van der Waals surface area (Å²) < 4.78 is 19.1. The molecule has 0 aliphatic heterocycles. The number of halogens is 3. The second-order valence-electron chi connectivity index (χ2n) is 3.78. The van der Waals surface area contributed by atoms with Gasteiger partial charge >= 0.3 is 0 Å². The lowest BCUT2D eigenvalue weighted by molar-refractivity contribution is 0.290. The predicted molar refractivity (Wildman–Crippen MR) is 74.8 cm³/mol. The zero-order chi connectivity index (χ0) is 13.0. The van der Waals surface area contributed by atoms with Crippen LogP contribution in [0.1, 0.15) is 11.1 Å². The highest BCUT2D eigenvalue weighted by molar-refractivity contribution is 9.08. The minimum Gasteiger partial charge on any atom is -0.486 e. The Morgan fingerprint density at radius 3 is 2.61 bits per heavy atom. The molecule has 0 atom stereocenters. The summed E-state index contributed by atoms with van der Waals surface area (Å²) in [6.45, 7) is 0.254. The van der Waals surface area contributed by atoms with Gasteiger partial charge in [0, 0.05) is 15.9 Å². The first-order chi connectivity index (χ1) is 8.70. The van der Waals surface area contributed by atoms with E-state index in [2.05, 4.69) is 15.9 Å². The molecule has 4 heteroatoms. The van der Waals surface area contributed by atoms with Gasteiger partial charge in [0.05, 0.1) is 0 Å². The van der Waals surface area contributed by atoms with Gasteiger partial charge in [-0.15, -0.1) is 0 Å². The highest BCUT2D eigenvalue weighted by atomic mass is 79.9. The van der Waals surface area contributed by atoms with Crippen LogP contribution in [0.3, 0.4) is 0 Å². The van der Waals surface area contributed by atoms with Crippen LogP contribution in [0.4, 0.5) is 4.39 Å². The molecule has 0 spiro atoms. The van der Waals surface area contributed by atoms with Crippen molar-refractivity contribution < 1.29 is 9.13 Å². The summed E-state index contributed by atoms with van der Waals surface area (Å²) in [5.74, 6) is -0.126. The van der Waals surface area contributed by atoms with Gasteiger partial charge in [-0.1, -0.05) is 51.8 Å². The Balaban J connectivity index is 2.09. The summed E-state index contributed by atoms with van der Waals surface area (Å²) in [6.07, 6.45) is 0. The molecule has 0 fully saturated rings. The minimum atomic E-state index is -0.362. The van der Waals surface area contributed by atoms with E-state index >= 15 is 0 Å². The van der Waals surface area contributed by atoms with E-state index < -0.39 is 0 Å². The maximum absolute atomic E-state index is 13.7. The minimum absolute atomic E-state index is 0.236. The fourth-order valence-corrected chi connectivity index (χ4v) is 2.05. The van der Waals surface area contributed by atoms with E-state index in [-0.39, 0.29) is 18.2 Å². The molecule has 0 N–H and O–H groups in total. The van der Waals surface area contributed by atoms with E-state index in [1.165, 1.54) is 6.07 Å². The second kappa shape index (κ2) is 6.21. The smallest absolute Gasteiger partial charge is 0.165 e. The number of hydrogen-bond acceptors (Lipinski definition) is 1. The van der Waals surface area contributed by atoms with E-state index in [4.69, 9.17) is 16.3 Å². The van der Waals surface area contributed by atoms with E-state index in [0.717, 1.165) is 11.1 Å². The maximum atomic E-state index is 13.7. The number of alkyl halides is 1. The van der Waals surface area contributed by atoms with E-state index in [0.29, 0.717) is 10.4 Å². The van der Waals surface area contributed by atoms with Crippen molar-refractivity contribution in [2.24, 2.45) is 0 Å². The molecule has 18 heavy (non-hydrogen) atoms. The molecule has 0 aliphatic rings. The van der Waals surface area contributed by atoms with Crippen LogP contribution in [-0.4, -0.2) is 0 Å². The molecule has 0 amide bonds. The molecule has 0 aromatic heterocycles. The molecule has 2 aromatic carbocycles. The van der Waals surface area contributed by atoms with Gasteiger partial charge < -0.3 is 4.74 Å². The molecule has 2 aromatic rings. The van der Waals surface area contributed by atoms with Gasteiger partial charge in [-0.05, 0) is 23.8 Å². The van der Waals surface area contributed by atoms with Gasteiger partial charge in [-0.3, -0.25) is 0 Å². The van der Waals surface area contributed by atoms with Gasteiger partial charge in [0.2, 0.25) is 0 Å². The molecule has 0 bridgehead atoms. The number of benzene rings is 2. The van der Waals surface area contributed by atoms with Crippen molar-refractivity contribution in [3.63, 3.8) is 0 Å². The van der Waals surface area contributed by atoms with Gasteiger partial charge in [-0.25, -0.2) is 4.39 Å². The first-order valence-electron chi connectivity index (χ1n) is 5.41. The summed E-state index contributed by atoms with van der Waals surface area (Å²) >= 11 is 9.27.